The van der Waals surface area contributed by atoms with E-state index in [-0.39, 0.29) is 12.5 Å². The maximum atomic E-state index is 11.9. The first-order valence-electron chi connectivity index (χ1n) is 6.13. The van der Waals surface area contributed by atoms with Crippen LogP contribution in [0.4, 0.5) is 0 Å². The maximum Gasteiger partial charge on any atom is 0.329 e. The van der Waals surface area contributed by atoms with Crippen LogP contribution in [-0.2, 0) is 14.3 Å². The number of rotatable bonds is 6. The highest BCUT2D eigenvalue weighted by molar-refractivity contribution is 5.82. The number of carboxylic acid groups (broad SMARTS) is 1. The molecule has 1 amide bonds. The summed E-state index contributed by atoms with van der Waals surface area (Å²) in [4.78, 5) is 23.9. The molecule has 1 rings (SSSR count). The Hall–Kier alpha value is -1.14. The SMILES string of the molecule is CC(C)C[C@H](N)C(=O)N1CC(C)(OCC(=O)O)C1. The molecule has 0 aromatic rings. The van der Waals surface area contributed by atoms with Gasteiger partial charge in [-0.25, -0.2) is 4.79 Å². The minimum absolute atomic E-state index is 0.0832. The summed E-state index contributed by atoms with van der Waals surface area (Å²) in [5, 5.41) is 8.53. The van der Waals surface area contributed by atoms with Crippen LogP contribution < -0.4 is 5.73 Å². The van der Waals surface area contributed by atoms with Gasteiger partial charge < -0.3 is 20.5 Å². The molecule has 1 aliphatic rings. The molecule has 1 aliphatic heterocycles. The second-order valence-electron chi connectivity index (χ2n) is 5.56. The summed E-state index contributed by atoms with van der Waals surface area (Å²) in [6.45, 7) is 6.31. The Labute approximate surface area is 107 Å². The van der Waals surface area contributed by atoms with E-state index in [0.717, 1.165) is 0 Å². The number of nitrogens with zero attached hydrogens (tertiary/aromatic N) is 1. The van der Waals surface area contributed by atoms with Crippen LogP contribution in [0.25, 0.3) is 0 Å². The molecule has 104 valence electrons. The number of carbonyl (C=O) groups excluding carboxylic acids is 1. The molecule has 1 atom stereocenters. The summed E-state index contributed by atoms with van der Waals surface area (Å²) in [6, 6.07) is -0.478. The standard InChI is InChI=1S/C12H22N2O4/c1-8(2)4-9(13)11(17)14-6-12(3,7-14)18-5-10(15)16/h8-9H,4-7,13H2,1-3H3,(H,15,16)/t9-/m0/s1. The van der Waals surface area contributed by atoms with E-state index in [4.69, 9.17) is 15.6 Å². The van der Waals surface area contributed by atoms with Crippen LogP contribution >= 0.6 is 0 Å². The van der Waals surface area contributed by atoms with Crippen molar-refractivity contribution in [3.63, 3.8) is 0 Å². The van der Waals surface area contributed by atoms with E-state index in [2.05, 4.69) is 0 Å². The zero-order chi connectivity index (χ0) is 13.9. The van der Waals surface area contributed by atoms with E-state index in [1.165, 1.54) is 0 Å². The predicted octanol–water partition coefficient (Wildman–Crippen LogP) is 0.0619. The van der Waals surface area contributed by atoms with Gasteiger partial charge in [0.05, 0.1) is 19.1 Å². The molecule has 0 aliphatic carbocycles. The fourth-order valence-corrected chi connectivity index (χ4v) is 2.09. The summed E-state index contributed by atoms with van der Waals surface area (Å²) in [5.74, 6) is -0.711. The summed E-state index contributed by atoms with van der Waals surface area (Å²) >= 11 is 0. The fraction of sp³-hybridized carbons (Fsp3) is 0.833. The van der Waals surface area contributed by atoms with Crippen molar-refractivity contribution in [1.82, 2.24) is 4.90 Å². The van der Waals surface area contributed by atoms with Gasteiger partial charge in [0.15, 0.2) is 0 Å². The minimum atomic E-state index is -1.00. The van der Waals surface area contributed by atoms with Crippen LogP contribution in [0.1, 0.15) is 27.2 Å². The van der Waals surface area contributed by atoms with E-state index in [0.29, 0.717) is 25.4 Å². The van der Waals surface area contributed by atoms with Gasteiger partial charge in [-0.2, -0.15) is 0 Å². The Kier molecular flexibility index (Phi) is 4.70. The maximum absolute atomic E-state index is 11.9. The van der Waals surface area contributed by atoms with Crippen LogP contribution in [0.2, 0.25) is 0 Å². The van der Waals surface area contributed by atoms with Gasteiger partial charge in [0.2, 0.25) is 5.91 Å². The van der Waals surface area contributed by atoms with Crippen molar-refractivity contribution in [1.29, 1.82) is 0 Å². The molecule has 18 heavy (non-hydrogen) atoms. The third-order valence-corrected chi connectivity index (χ3v) is 2.95. The van der Waals surface area contributed by atoms with Gasteiger partial charge in [0, 0.05) is 0 Å². The van der Waals surface area contributed by atoms with Crippen molar-refractivity contribution in [2.75, 3.05) is 19.7 Å². The Bertz CT molecular complexity index is 324. The second kappa shape index (κ2) is 5.67. The lowest BCUT2D eigenvalue weighted by atomic mass is 9.94. The zero-order valence-corrected chi connectivity index (χ0v) is 11.2. The smallest absolute Gasteiger partial charge is 0.329 e. The van der Waals surface area contributed by atoms with Crippen LogP contribution in [0.15, 0.2) is 0 Å². The fourth-order valence-electron chi connectivity index (χ4n) is 2.09. The molecule has 1 heterocycles. The molecule has 0 aromatic carbocycles. The molecule has 1 fully saturated rings. The average molecular weight is 258 g/mol. The second-order valence-corrected chi connectivity index (χ2v) is 5.56. The van der Waals surface area contributed by atoms with Gasteiger partial charge in [0.25, 0.3) is 0 Å². The van der Waals surface area contributed by atoms with Gasteiger partial charge >= 0.3 is 5.97 Å². The van der Waals surface area contributed by atoms with E-state index in [1.807, 2.05) is 13.8 Å². The van der Waals surface area contributed by atoms with Crippen molar-refractivity contribution in [2.24, 2.45) is 11.7 Å². The van der Waals surface area contributed by atoms with Crippen molar-refractivity contribution >= 4 is 11.9 Å². The van der Waals surface area contributed by atoms with Gasteiger partial charge in [-0.05, 0) is 19.3 Å². The number of likely N-dealkylation sites (tertiary alicyclic amines) is 1. The topological polar surface area (TPSA) is 92.9 Å². The lowest BCUT2D eigenvalue weighted by molar-refractivity contribution is -0.174. The first-order chi connectivity index (χ1) is 8.23. The molecule has 0 saturated carbocycles. The lowest BCUT2D eigenvalue weighted by Gasteiger charge is -2.48. The first-order valence-corrected chi connectivity index (χ1v) is 6.13. The number of ether oxygens (including phenoxy) is 1. The average Bonchev–Trinajstić information content (AvgIpc) is 2.20. The minimum Gasteiger partial charge on any atom is -0.480 e. The Morgan fingerprint density at radius 3 is 2.44 bits per heavy atom. The molecule has 0 bridgehead atoms. The number of carbonyl (C=O) groups is 2. The predicted molar refractivity (Wildman–Crippen MR) is 66.0 cm³/mol. The third kappa shape index (κ3) is 3.96. The number of aliphatic carboxylic acids is 1. The quantitative estimate of drug-likeness (QED) is 0.703. The summed E-state index contributed by atoms with van der Waals surface area (Å²) in [7, 11) is 0. The summed E-state index contributed by atoms with van der Waals surface area (Å²) < 4.78 is 5.23. The molecular weight excluding hydrogens is 236 g/mol. The molecular formula is C12H22N2O4. The number of nitrogens with two attached hydrogens (primary N) is 1. The van der Waals surface area contributed by atoms with Crippen molar-refractivity contribution in [3.05, 3.63) is 0 Å². The van der Waals surface area contributed by atoms with Crippen molar-refractivity contribution < 1.29 is 19.4 Å². The summed E-state index contributed by atoms with van der Waals surface area (Å²) in [6.07, 6.45) is 0.655. The normalized spacial score (nSPS) is 19.5. The third-order valence-electron chi connectivity index (χ3n) is 2.95. The Morgan fingerprint density at radius 2 is 2.00 bits per heavy atom. The molecule has 3 N–H and O–H groups in total. The number of amides is 1. The highest BCUT2D eigenvalue weighted by Gasteiger charge is 2.43. The van der Waals surface area contributed by atoms with Gasteiger partial charge in [0.1, 0.15) is 12.2 Å². The first kappa shape index (κ1) is 14.9. The largest absolute Gasteiger partial charge is 0.480 e. The molecule has 6 heteroatoms. The van der Waals surface area contributed by atoms with Gasteiger partial charge in [-0.15, -0.1) is 0 Å². The highest BCUT2D eigenvalue weighted by atomic mass is 16.5. The Morgan fingerprint density at radius 1 is 1.44 bits per heavy atom. The van der Waals surface area contributed by atoms with Gasteiger partial charge in [-0.1, -0.05) is 13.8 Å². The molecule has 6 nitrogen and oxygen atoms in total. The van der Waals surface area contributed by atoms with E-state index in [1.54, 1.807) is 11.8 Å². The number of hydrogen-bond donors (Lipinski definition) is 2. The van der Waals surface area contributed by atoms with Crippen molar-refractivity contribution in [3.8, 4) is 0 Å². The van der Waals surface area contributed by atoms with E-state index in [9.17, 15) is 9.59 Å². The lowest BCUT2D eigenvalue weighted by Crippen LogP contribution is -2.65. The number of carboxylic acids is 1. The van der Waals surface area contributed by atoms with Crippen LogP contribution in [0.3, 0.4) is 0 Å². The van der Waals surface area contributed by atoms with Crippen molar-refractivity contribution in [2.45, 2.75) is 38.8 Å². The highest BCUT2D eigenvalue weighted by Crippen LogP contribution is 2.25. The van der Waals surface area contributed by atoms with Crippen LogP contribution in [0, 0.1) is 5.92 Å². The zero-order valence-electron chi connectivity index (χ0n) is 11.2. The molecule has 0 unspecified atom stereocenters. The van der Waals surface area contributed by atoms with Gasteiger partial charge in [-0.3, -0.25) is 4.79 Å². The Balaban J connectivity index is 2.36. The monoisotopic (exact) mass is 258 g/mol. The molecule has 0 spiro atoms. The van der Waals surface area contributed by atoms with E-state index >= 15 is 0 Å². The van der Waals surface area contributed by atoms with Crippen LogP contribution in [0.5, 0.6) is 0 Å². The molecule has 0 radical (unpaired) electrons. The number of hydrogen-bond acceptors (Lipinski definition) is 4. The van der Waals surface area contributed by atoms with Crippen LogP contribution in [-0.4, -0.2) is 53.2 Å². The van der Waals surface area contributed by atoms with E-state index < -0.39 is 17.6 Å². The molecule has 0 aromatic heterocycles. The molecule has 1 saturated heterocycles. The summed E-state index contributed by atoms with van der Waals surface area (Å²) in [5.41, 5.74) is 5.26.